The van der Waals surface area contributed by atoms with E-state index in [9.17, 15) is 0 Å². The van der Waals surface area contributed by atoms with Crippen LogP contribution in [-0.4, -0.2) is 19.7 Å². The highest BCUT2D eigenvalue weighted by atomic mass is 15.3. The fourth-order valence-corrected chi connectivity index (χ4v) is 1.74. The van der Waals surface area contributed by atoms with Gasteiger partial charge in [0, 0.05) is 17.7 Å². The fraction of sp³-hybridized carbons (Fsp3) is 0.364. The van der Waals surface area contributed by atoms with E-state index in [1.165, 1.54) is 19.2 Å². The van der Waals surface area contributed by atoms with Gasteiger partial charge in [-0.2, -0.15) is 5.10 Å². The molecule has 0 radical (unpaired) electrons. The molecule has 2 N–H and O–H groups in total. The largest absolute Gasteiger partial charge is 0.383 e. The van der Waals surface area contributed by atoms with Crippen LogP contribution in [0.15, 0.2) is 18.6 Å². The molecule has 2 aromatic rings. The first-order chi connectivity index (χ1) is 7.75. The van der Waals surface area contributed by atoms with Crippen molar-refractivity contribution < 1.29 is 0 Å². The van der Waals surface area contributed by atoms with Crippen LogP contribution < -0.4 is 5.73 Å². The zero-order valence-corrected chi connectivity index (χ0v) is 9.09. The number of anilines is 1. The van der Waals surface area contributed by atoms with Gasteiger partial charge in [-0.3, -0.25) is 0 Å². The van der Waals surface area contributed by atoms with Crippen LogP contribution in [0.2, 0.25) is 0 Å². The van der Waals surface area contributed by atoms with Crippen molar-refractivity contribution in [3.05, 3.63) is 29.8 Å². The number of nitrogens with zero attached hydrogens (tertiary/aromatic N) is 4. The molecule has 5 nitrogen and oxygen atoms in total. The molecule has 0 spiro atoms. The van der Waals surface area contributed by atoms with Crippen LogP contribution in [-0.2, 0) is 0 Å². The van der Waals surface area contributed by atoms with Crippen molar-refractivity contribution in [3.8, 4) is 5.82 Å². The third kappa shape index (κ3) is 1.44. The number of rotatable bonds is 2. The molecule has 0 saturated heterocycles. The summed E-state index contributed by atoms with van der Waals surface area (Å²) in [5.74, 6) is 1.92. The molecule has 2 aromatic heterocycles. The van der Waals surface area contributed by atoms with Gasteiger partial charge < -0.3 is 5.73 Å². The van der Waals surface area contributed by atoms with E-state index in [-0.39, 0.29) is 0 Å². The SMILES string of the molecule is Cc1c(N)ncnc1-n1ccc(C2CC2)n1. The second-order valence-corrected chi connectivity index (χ2v) is 4.17. The van der Waals surface area contributed by atoms with Crippen molar-refractivity contribution in [2.24, 2.45) is 0 Å². The zero-order valence-electron chi connectivity index (χ0n) is 9.09. The predicted octanol–water partition coefficient (Wildman–Crippen LogP) is 1.43. The highest BCUT2D eigenvalue weighted by Gasteiger charge is 2.26. The van der Waals surface area contributed by atoms with Gasteiger partial charge in [0.25, 0.3) is 0 Å². The Bertz CT molecular complexity index is 527. The zero-order chi connectivity index (χ0) is 11.1. The van der Waals surface area contributed by atoms with Crippen LogP contribution in [0, 0.1) is 6.92 Å². The molecule has 1 aliphatic rings. The van der Waals surface area contributed by atoms with Crippen LogP contribution in [0.25, 0.3) is 5.82 Å². The average Bonchev–Trinajstić information content (AvgIpc) is 3.02. The molecule has 0 bridgehead atoms. The van der Waals surface area contributed by atoms with Gasteiger partial charge in [0.15, 0.2) is 5.82 Å². The Labute approximate surface area is 93.3 Å². The molecule has 16 heavy (non-hydrogen) atoms. The van der Waals surface area contributed by atoms with Gasteiger partial charge >= 0.3 is 0 Å². The minimum absolute atomic E-state index is 0.508. The number of nitrogens with two attached hydrogens (primary N) is 1. The predicted molar refractivity (Wildman–Crippen MR) is 60.3 cm³/mol. The lowest BCUT2D eigenvalue weighted by atomic mass is 10.3. The first-order valence-corrected chi connectivity index (χ1v) is 5.38. The molecule has 2 heterocycles. The molecular weight excluding hydrogens is 202 g/mol. The Hall–Kier alpha value is -1.91. The smallest absolute Gasteiger partial charge is 0.161 e. The van der Waals surface area contributed by atoms with Crippen molar-refractivity contribution in [2.75, 3.05) is 5.73 Å². The molecule has 1 aliphatic carbocycles. The molecule has 1 saturated carbocycles. The molecule has 3 rings (SSSR count). The molecule has 82 valence electrons. The highest BCUT2D eigenvalue weighted by Crippen LogP contribution is 2.39. The fourth-order valence-electron chi connectivity index (χ4n) is 1.74. The van der Waals surface area contributed by atoms with E-state index >= 15 is 0 Å². The van der Waals surface area contributed by atoms with Crippen molar-refractivity contribution >= 4 is 5.82 Å². The molecular formula is C11H13N5. The maximum Gasteiger partial charge on any atom is 0.161 e. The highest BCUT2D eigenvalue weighted by molar-refractivity contribution is 5.46. The van der Waals surface area contributed by atoms with E-state index in [2.05, 4.69) is 21.1 Å². The normalized spacial score (nSPS) is 15.3. The van der Waals surface area contributed by atoms with Crippen LogP contribution in [0.4, 0.5) is 5.82 Å². The van der Waals surface area contributed by atoms with Crippen molar-refractivity contribution in [3.63, 3.8) is 0 Å². The van der Waals surface area contributed by atoms with Crippen LogP contribution in [0.3, 0.4) is 0 Å². The lowest BCUT2D eigenvalue weighted by molar-refractivity contribution is 0.801. The van der Waals surface area contributed by atoms with Gasteiger partial charge in [-0.1, -0.05) is 0 Å². The molecule has 0 amide bonds. The summed E-state index contributed by atoms with van der Waals surface area (Å²) in [4.78, 5) is 8.16. The van der Waals surface area contributed by atoms with Crippen LogP contribution in [0.5, 0.6) is 0 Å². The molecule has 0 aliphatic heterocycles. The summed E-state index contributed by atoms with van der Waals surface area (Å²) >= 11 is 0. The van der Waals surface area contributed by atoms with Gasteiger partial charge in [0.2, 0.25) is 0 Å². The first-order valence-electron chi connectivity index (χ1n) is 5.38. The Kier molecular flexibility index (Phi) is 1.92. The van der Waals surface area contributed by atoms with E-state index in [0.717, 1.165) is 17.1 Å². The lowest BCUT2D eigenvalue weighted by Crippen LogP contribution is -2.05. The van der Waals surface area contributed by atoms with Gasteiger partial charge in [0.1, 0.15) is 12.1 Å². The quantitative estimate of drug-likeness (QED) is 0.822. The standard InChI is InChI=1S/C11H13N5/c1-7-10(12)13-6-14-11(7)16-5-4-9(15-16)8-2-3-8/h4-6,8H,2-3H2,1H3,(H2,12,13,14). The molecule has 5 heteroatoms. The number of hydrogen-bond donors (Lipinski definition) is 1. The van der Waals surface area contributed by atoms with Crippen molar-refractivity contribution in [1.82, 2.24) is 19.7 Å². The monoisotopic (exact) mass is 215 g/mol. The summed E-state index contributed by atoms with van der Waals surface area (Å²) < 4.78 is 1.78. The topological polar surface area (TPSA) is 69.6 Å². The summed E-state index contributed by atoms with van der Waals surface area (Å²) in [6.45, 7) is 1.91. The number of hydrogen-bond acceptors (Lipinski definition) is 4. The lowest BCUT2D eigenvalue weighted by Gasteiger charge is -2.05. The van der Waals surface area contributed by atoms with Crippen molar-refractivity contribution in [2.45, 2.75) is 25.7 Å². The third-order valence-corrected chi connectivity index (χ3v) is 2.92. The summed E-state index contributed by atoms with van der Waals surface area (Å²) in [7, 11) is 0. The number of nitrogen functional groups attached to an aromatic ring is 1. The van der Waals surface area contributed by atoms with E-state index in [1.54, 1.807) is 4.68 Å². The summed E-state index contributed by atoms with van der Waals surface area (Å²) in [5, 5.41) is 4.52. The van der Waals surface area contributed by atoms with Gasteiger partial charge in [-0.05, 0) is 25.8 Å². The minimum Gasteiger partial charge on any atom is -0.383 e. The van der Waals surface area contributed by atoms with E-state index in [1.807, 2.05) is 13.1 Å². The molecule has 0 atom stereocenters. The molecule has 1 fully saturated rings. The molecule has 0 aromatic carbocycles. The maximum absolute atomic E-state index is 5.74. The van der Waals surface area contributed by atoms with Gasteiger partial charge in [-0.25, -0.2) is 14.6 Å². The van der Waals surface area contributed by atoms with E-state index in [4.69, 9.17) is 5.73 Å². The Morgan fingerprint density at radius 3 is 2.94 bits per heavy atom. The first kappa shape index (κ1) is 9.33. The molecule has 0 unspecified atom stereocenters. The van der Waals surface area contributed by atoms with E-state index < -0.39 is 0 Å². The minimum atomic E-state index is 0.508. The summed E-state index contributed by atoms with van der Waals surface area (Å²) in [6.07, 6.45) is 5.91. The van der Waals surface area contributed by atoms with Crippen molar-refractivity contribution in [1.29, 1.82) is 0 Å². The Balaban J connectivity index is 2.03. The summed E-state index contributed by atoms with van der Waals surface area (Å²) in [5.41, 5.74) is 7.76. The van der Waals surface area contributed by atoms with Crippen LogP contribution in [0.1, 0.15) is 30.0 Å². The second-order valence-electron chi connectivity index (χ2n) is 4.17. The average molecular weight is 215 g/mol. The van der Waals surface area contributed by atoms with E-state index in [0.29, 0.717) is 11.7 Å². The summed E-state index contributed by atoms with van der Waals surface area (Å²) in [6, 6.07) is 2.05. The third-order valence-electron chi connectivity index (χ3n) is 2.92. The second kappa shape index (κ2) is 3.30. The Morgan fingerprint density at radius 1 is 1.38 bits per heavy atom. The van der Waals surface area contributed by atoms with Gasteiger partial charge in [-0.15, -0.1) is 0 Å². The Morgan fingerprint density at radius 2 is 2.19 bits per heavy atom. The van der Waals surface area contributed by atoms with Gasteiger partial charge in [0.05, 0.1) is 5.69 Å². The maximum atomic E-state index is 5.74. The van der Waals surface area contributed by atoms with Crippen LogP contribution >= 0.6 is 0 Å². The number of aromatic nitrogens is 4.